The number of hydrogen-bond donors (Lipinski definition) is 1. The van der Waals surface area contributed by atoms with E-state index in [1.807, 2.05) is 24.3 Å². The van der Waals surface area contributed by atoms with E-state index in [4.69, 9.17) is 22.1 Å². The zero-order valence-electron chi connectivity index (χ0n) is 9.40. The average Bonchev–Trinajstić information content (AvgIpc) is 2.29. The van der Waals surface area contributed by atoms with E-state index in [9.17, 15) is 0 Å². The van der Waals surface area contributed by atoms with E-state index in [2.05, 4.69) is 11.9 Å². The van der Waals surface area contributed by atoms with Gasteiger partial charge in [0.05, 0.1) is 18.8 Å². The molecule has 2 rings (SSSR count). The van der Waals surface area contributed by atoms with Gasteiger partial charge in [-0.2, -0.15) is 0 Å². The Morgan fingerprint density at radius 2 is 2.12 bits per heavy atom. The molecule has 0 amide bonds. The summed E-state index contributed by atoms with van der Waals surface area (Å²) in [5, 5.41) is 0.734. The first-order chi connectivity index (χ1) is 7.66. The van der Waals surface area contributed by atoms with Gasteiger partial charge < -0.3 is 15.4 Å². The molecule has 2 atom stereocenters. The minimum absolute atomic E-state index is 0.0694. The van der Waals surface area contributed by atoms with Crippen molar-refractivity contribution in [1.29, 1.82) is 0 Å². The van der Waals surface area contributed by atoms with Gasteiger partial charge in [0.2, 0.25) is 0 Å². The summed E-state index contributed by atoms with van der Waals surface area (Å²) in [7, 11) is 2.09. The van der Waals surface area contributed by atoms with E-state index < -0.39 is 0 Å². The number of nitrogens with zero attached hydrogens (tertiary/aromatic N) is 1. The molecule has 1 heterocycles. The third-order valence-corrected chi connectivity index (χ3v) is 3.20. The van der Waals surface area contributed by atoms with Crippen LogP contribution in [0.2, 0.25) is 5.02 Å². The van der Waals surface area contributed by atoms with E-state index in [1.165, 1.54) is 0 Å². The Balaban J connectivity index is 2.06. The standard InChI is InChI=1S/C12H17ClN2O/c1-15-6-7-16-11(8-15)12(14)9-2-4-10(13)5-3-9/h2-5,11-12H,6-8,14H2,1H3/t11-,12-/m0/s1. The fraction of sp³-hybridized carbons (Fsp3) is 0.500. The molecule has 0 bridgehead atoms. The molecule has 0 spiro atoms. The van der Waals surface area contributed by atoms with Crippen molar-refractivity contribution in [2.24, 2.45) is 5.73 Å². The van der Waals surface area contributed by atoms with Crippen molar-refractivity contribution in [3.63, 3.8) is 0 Å². The first-order valence-corrected chi connectivity index (χ1v) is 5.86. The average molecular weight is 241 g/mol. The Bertz CT molecular complexity index is 341. The van der Waals surface area contributed by atoms with Gasteiger partial charge in [-0.25, -0.2) is 0 Å². The molecule has 0 aromatic heterocycles. The molecule has 1 saturated heterocycles. The van der Waals surface area contributed by atoms with E-state index in [0.717, 1.165) is 30.3 Å². The Morgan fingerprint density at radius 1 is 1.44 bits per heavy atom. The molecule has 4 heteroatoms. The quantitative estimate of drug-likeness (QED) is 0.855. The second-order valence-electron chi connectivity index (χ2n) is 4.25. The van der Waals surface area contributed by atoms with Crippen LogP contribution in [0.3, 0.4) is 0 Å². The van der Waals surface area contributed by atoms with Crippen molar-refractivity contribution >= 4 is 11.6 Å². The topological polar surface area (TPSA) is 38.5 Å². The van der Waals surface area contributed by atoms with Crippen molar-refractivity contribution in [2.75, 3.05) is 26.7 Å². The lowest BCUT2D eigenvalue weighted by Crippen LogP contribution is -2.45. The summed E-state index contributed by atoms with van der Waals surface area (Å²) in [6, 6.07) is 7.57. The lowest BCUT2D eigenvalue weighted by Gasteiger charge is -2.33. The molecule has 88 valence electrons. The maximum absolute atomic E-state index is 6.19. The minimum atomic E-state index is -0.0833. The van der Waals surface area contributed by atoms with Gasteiger partial charge in [-0.3, -0.25) is 0 Å². The third-order valence-electron chi connectivity index (χ3n) is 2.95. The lowest BCUT2D eigenvalue weighted by molar-refractivity contribution is -0.0326. The van der Waals surface area contributed by atoms with Crippen molar-refractivity contribution in [1.82, 2.24) is 4.90 Å². The zero-order valence-corrected chi connectivity index (χ0v) is 10.2. The largest absolute Gasteiger partial charge is 0.374 e. The summed E-state index contributed by atoms with van der Waals surface area (Å²) in [6.45, 7) is 2.61. The molecule has 0 radical (unpaired) electrons. The van der Waals surface area contributed by atoms with E-state index in [1.54, 1.807) is 0 Å². The maximum Gasteiger partial charge on any atom is 0.0894 e. The van der Waals surface area contributed by atoms with Gasteiger partial charge in [0, 0.05) is 18.1 Å². The van der Waals surface area contributed by atoms with Crippen LogP contribution < -0.4 is 5.73 Å². The second-order valence-corrected chi connectivity index (χ2v) is 4.69. The summed E-state index contributed by atoms with van der Waals surface area (Å²) >= 11 is 5.85. The first kappa shape index (κ1) is 11.9. The predicted molar refractivity (Wildman–Crippen MR) is 65.6 cm³/mol. The summed E-state index contributed by atoms with van der Waals surface area (Å²) < 4.78 is 5.70. The molecule has 1 aliphatic rings. The Morgan fingerprint density at radius 3 is 2.75 bits per heavy atom. The van der Waals surface area contributed by atoms with E-state index >= 15 is 0 Å². The van der Waals surface area contributed by atoms with Crippen LogP contribution in [0.5, 0.6) is 0 Å². The molecule has 16 heavy (non-hydrogen) atoms. The monoisotopic (exact) mass is 240 g/mol. The first-order valence-electron chi connectivity index (χ1n) is 5.48. The van der Waals surface area contributed by atoms with Crippen molar-refractivity contribution in [2.45, 2.75) is 12.1 Å². The van der Waals surface area contributed by atoms with Crippen LogP contribution in [-0.2, 0) is 4.74 Å². The highest BCUT2D eigenvalue weighted by atomic mass is 35.5. The highest BCUT2D eigenvalue weighted by molar-refractivity contribution is 6.30. The van der Waals surface area contributed by atoms with Crippen LogP contribution in [-0.4, -0.2) is 37.7 Å². The number of halogens is 1. The van der Waals surface area contributed by atoms with E-state index in [-0.39, 0.29) is 12.1 Å². The molecule has 1 aromatic carbocycles. The lowest BCUT2D eigenvalue weighted by atomic mass is 10.0. The summed E-state index contributed by atoms with van der Waals surface area (Å²) in [4.78, 5) is 2.24. The number of likely N-dealkylation sites (N-methyl/N-ethyl adjacent to an activating group) is 1. The Hall–Kier alpha value is -0.610. The van der Waals surface area contributed by atoms with Crippen LogP contribution >= 0.6 is 11.6 Å². The van der Waals surface area contributed by atoms with Gasteiger partial charge in [0.25, 0.3) is 0 Å². The normalized spacial score (nSPS) is 24.3. The molecule has 3 nitrogen and oxygen atoms in total. The van der Waals surface area contributed by atoms with Crippen molar-refractivity contribution in [3.05, 3.63) is 34.9 Å². The highest BCUT2D eigenvalue weighted by Gasteiger charge is 2.24. The number of nitrogens with two attached hydrogens (primary N) is 1. The van der Waals surface area contributed by atoms with Crippen LogP contribution in [0.25, 0.3) is 0 Å². The van der Waals surface area contributed by atoms with Gasteiger partial charge in [-0.15, -0.1) is 0 Å². The Kier molecular flexibility index (Phi) is 3.82. The van der Waals surface area contributed by atoms with Crippen molar-refractivity contribution in [3.8, 4) is 0 Å². The summed E-state index contributed by atoms with van der Waals surface area (Å²) in [5.41, 5.74) is 7.26. The highest BCUT2D eigenvalue weighted by Crippen LogP contribution is 2.21. The van der Waals surface area contributed by atoms with Gasteiger partial charge >= 0.3 is 0 Å². The third kappa shape index (κ3) is 2.74. The molecule has 0 unspecified atom stereocenters. The van der Waals surface area contributed by atoms with Gasteiger partial charge in [0.1, 0.15) is 0 Å². The minimum Gasteiger partial charge on any atom is -0.374 e. The zero-order chi connectivity index (χ0) is 11.5. The van der Waals surface area contributed by atoms with Crippen molar-refractivity contribution < 1.29 is 4.74 Å². The fourth-order valence-corrected chi connectivity index (χ4v) is 2.05. The number of ether oxygens (including phenoxy) is 1. The molecular weight excluding hydrogens is 224 g/mol. The predicted octanol–water partition coefficient (Wildman–Crippen LogP) is 1.67. The SMILES string of the molecule is CN1CCO[C@H]([C@@H](N)c2ccc(Cl)cc2)C1. The Labute approximate surface area is 101 Å². The van der Waals surface area contributed by atoms with Gasteiger partial charge in [-0.1, -0.05) is 23.7 Å². The molecule has 1 aliphatic heterocycles. The number of hydrogen-bond acceptors (Lipinski definition) is 3. The van der Waals surface area contributed by atoms with Crippen LogP contribution in [0, 0.1) is 0 Å². The van der Waals surface area contributed by atoms with Crippen LogP contribution in [0.4, 0.5) is 0 Å². The molecule has 0 aliphatic carbocycles. The van der Waals surface area contributed by atoms with Gasteiger partial charge in [-0.05, 0) is 24.7 Å². The smallest absolute Gasteiger partial charge is 0.0894 e. The molecule has 1 fully saturated rings. The van der Waals surface area contributed by atoms with E-state index in [0.29, 0.717) is 0 Å². The number of benzene rings is 1. The summed E-state index contributed by atoms with van der Waals surface area (Å²) in [6.07, 6.45) is 0.0694. The van der Waals surface area contributed by atoms with Crippen LogP contribution in [0.1, 0.15) is 11.6 Å². The molecular formula is C12H17ClN2O. The maximum atomic E-state index is 6.19. The van der Waals surface area contributed by atoms with Crippen LogP contribution in [0.15, 0.2) is 24.3 Å². The molecule has 0 saturated carbocycles. The molecule has 1 aromatic rings. The second kappa shape index (κ2) is 5.15. The number of rotatable bonds is 2. The number of morpholine rings is 1. The molecule has 2 N–H and O–H groups in total. The van der Waals surface area contributed by atoms with Gasteiger partial charge in [0.15, 0.2) is 0 Å². The summed E-state index contributed by atoms with van der Waals surface area (Å²) in [5.74, 6) is 0. The fourth-order valence-electron chi connectivity index (χ4n) is 1.93.